The summed E-state index contributed by atoms with van der Waals surface area (Å²) in [6.45, 7) is 2.61. The normalized spacial score (nSPS) is 10.4. The van der Waals surface area contributed by atoms with E-state index in [4.69, 9.17) is 5.73 Å². The largest absolute Gasteiger partial charge is 0.326 e. The Balaban J connectivity index is 2.46. The number of nitrogens with zero attached hydrogens (tertiary/aromatic N) is 3. The lowest BCUT2D eigenvalue weighted by Gasteiger charge is -2.06. The Labute approximate surface area is 82.4 Å². The maximum Gasteiger partial charge on any atom is 0.138 e. The third-order valence-corrected chi connectivity index (χ3v) is 2.16. The molecular formula is C10H12N4. The predicted molar refractivity (Wildman–Crippen MR) is 54.0 cm³/mol. The van der Waals surface area contributed by atoms with Crippen LogP contribution >= 0.6 is 0 Å². The highest BCUT2D eigenvalue weighted by atomic mass is 15.3. The highest BCUT2D eigenvalue weighted by Gasteiger charge is 2.01. The molecule has 0 radical (unpaired) electrons. The first kappa shape index (κ1) is 8.90. The zero-order valence-corrected chi connectivity index (χ0v) is 8.01. The highest BCUT2D eigenvalue weighted by Crippen LogP contribution is 2.13. The zero-order valence-electron chi connectivity index (χ0n) is 8.01. The Morgan fingerprint density at radius 3 is 2.86 bits per heavy atom. The number of nitrogens with two attached hydrogens (primary N) is 1. The molecule has 2 rings (SSSR count). The Hall–Kier alpha value is -1.68. The van der Waals surface area contributed by atoms with E-state index in [1.807, 2.05) is 19.1 Å². The van der Waals surface area contributed by atoms with Gasteiger partial charge in [-0.1, -0.05) is 12.1 Å². The van der Waals surface area contributed by atoms with Gasteiger partial charge in [-0.3, -0.25) is 0 Å². The van der Waals surface area contributed by atoms with Crippen LogP contribution in [0, 0.1) is 6.92 Å². The quantitative estimate of drug-likeness (QED) is 0.766. The van der Waals surface area contributed by atoms with Crippen LogP contribution in [0.4, 0.5) is 0 Å². The minimum atomic E-state index is 0.568. The van der Waals surface area contributed by atoms with Gasteiger partial charge in [0.25, 0.3) is 0 Å². The summed E-state index contributed by atoms with van der Waals surface area (Å²) >= 11 is 0. The van der Waals surface area contributed by atoms with Crippen molar-refractivity contribution in [1.82, 2.24) is 14.8 Å². The van der Waals surface area contributed by atoms with E-state index >= 15 is 0 Å². The van der Waals surface area contributed by atoms with E-state index in [0.717, 1.165) is 16.8 Å². The van der Waals surface area contributed by atoms with Crippen LogP contribution in [0.3, 0.4) is 0 Å². The number of benzene rings is 1. The molecule has 14 heavy (non-hydrogen) atoms. The minimum Gasteiger partial charge on any atom is -0.326 e. The van der Waals surface area contributed by atoms with Crippen LogP contribution in [-0.2, 0) is 6.54 Å². The van der Waals surface area contributed by atoms with Gasteiger partial charge in [-0.2, -0.15) is 5.10 Å². The van der Waals surface area contributed by atoms with Crippen LogP contribution in [-0.4, -0.2) is 14.8 Å². The number of aromatic nitrogens is 3. The van der Waals surface area contributed by atoms with Gasteiger partial charge in [0.1, 0.15) is 12.7 Å². The molecule has 0 aliphatic rings. The van der Waals surface area contributed by atoms with E-state index in [9.17, 15) is 0 Å². The summed E-state index contributed by atoms with van der Waals surface area (Å²) in [5.41, 5.74) is 8.88. The van der Waals surface area contributed by atoms with Gasteiger partial charge in [0, 0.05) is 6.54 Å². The van der Waals surface area contributed by atoms with Gasteiger partial charge < -0.3 is 5.73 Å². The van der Waals surface area contributed by atoms with Crippen LogP contribution in [0.15, 0.2) is 30.9 Å². The Kier molecular flexibility index (Phi) is 2.28. The summed E-state index contributed by atoms with van der Waals surface area (Å²) in [6.07, 6.45) is 3.21. The molecule has 4 heteroatoms. The van der Waals surface area contributed by atoms with Crippen molar-refractivity contribution in [2.24, 2.45) is 5.73 Å². The molecule has 2 aromatic rings. The molecule has 0 fully saturated rings. The molecule has 2 N–H and O–H groups in total. The average molecular weight is 188 g/mol. The highest BCUT2D eigenvalue weighted by molar-refractivity contribution is 5.41. The molecule has 0 aliphatic carbocycles. The summed E-state index contributed by atoms with van der Waals surface area (Å²) in [6, 6.07) is 6.08. The summed E-state index contributed by atoms with van der Waals surface area (Å²) in [4.78, 5) is 3.91. The lowest BCUT2D eigenvalue weighted by atomic mass is 10.1. The maximum atomic E-state index is 5.55. The number of hydrogen-bond donors (Lipinski definition) is 1. The summed E-state index contributed by atoms with van der Waals surface area (Å²) in [5, 5.41) is 4.08. The first-order valence-corrected chi connectivity index (χ1v) is 4.46. The van der Waals surface area contributed by atoms with Crippen LogP contribution in [0.1, 0.15) is 11.1 Å². The van der Waals surface area contributed by atoms with Crippen LogP contribution < -0.4 is 5.73 Å². The minimum absolute atomic E-state index is 0.568. The Bertz CT molecular complexity index is 420. The molecule has 0 unspecified atom stereocenters. The molecule has 0 aliphatic heterocycles. The van der Waals surface area contributed by atoms with E-state index in [1.54, 1.807) is 11.0 Å². The van der Waals surface area contributed by atoms with Crippen molar-refractivity contribution in [3.63, 3.8) is 0 Å². The third kappa shape index (κ3) is 1.52. The molecule has 0 bridgehead atoms. The molecule has 0 saturated carbocycles. The van der Waals surface area contributed by atoms with Crippen molar-refractivity contribution in [2.45, 2.75) is 13.5 Å². The smallest absolute Gasteiger partial charge is 0.138 e. The van der Waals surface area contributed by atoms with Crippen molar-refractivity contribution in [3.8, 4) is 5.69 Å². The second-order valence-electron chi connectivity index (χ2n) is 3.17. The first-order valence-electron chi connectivity index (χ1n) is 4.46. The molecular weight excluding hydrogens is 176 g/mol. The first-order chi connectivity index (χ1) is 6.81. The number of hydrogen-bond acceptors (Lipinski definition) is 3. The van der Waals surface area contributed by atoms with Crippen molar-refractivity contribution in [1.29, 1.82) is 0 Å². The Morgan fingerprint density at radius 2 is 2.29 bits per heavy atom. The van der Waals surface area contributed by atoms with Crippen molar-refractivity contribution < 1.29 is 0 Å². The van der Waals surface area contributed by atoms with Gasteiger partial charge in [0.15, 0.2) is 0 Å². The predicted octanol–water partition coefficient (Wildman–Crippen LogP) is 1.03. The van der Waals surface area contributed by atoms with E-state index in [2.05, 4.69) is 16.1 Å². The van der Waals surface area contributed by atoms with Crippen molar-refractivity contribution >= 4 is 0 Å². The molecule has 1 aromatic carbocycles. The lowest BCUT2D eigenvalue weighted by molar-refractivity contribution is 0.869. The van der Waals surface area contributed by atoms with Gasteiger partial charge >= 0.3 is 0 Å². The fourth-order valence-electron chi connectivity index (χ4n) is 1.43. The van der Waals surface area contributed by atoms with Crippen LogP contribution in [0.5, 0.6) is 0 Å². The molecule has 0 amide bonds. The molecule has 72 valence electrons. The lowest BCUT2D eigenvalue weighted by Crippen LogP contribution is -2.01. The van der Waals surface area contributed by atoms with Crippen LogP contribution in [0.2, 0.25) is 0 Å². The molecule has 0 spiro atoms. The topological polar surface area (TPSA) is 56.7 Å². The molecule has 1 heterocycles. The van der Waals surface area contributed by atoms with Gasteiger partial charge in [0.2, 0.25) is 0 Å². The standard InChI is InChI=1S/C10H12N4/c1-8-4-9(5-11)2-3-10(8)14-7-12-6-13-14/h2-4,6-7H,5,11H2,1H3. The fourth-order valence-corrected chi connectivity index (χ4v) is 1.43. The number of rotatable bonds is 2. The average Bonchev–Trinajstić information content (AvgIpc) is 2.70. The second kappa shape index (κ2) is 3.59. The monoisotopic (exact) mass is 188 g/mol. The van der Waals surface area contributed by atoms with Gasteiger partial charge in [-0.05, 0) is 24.1 Å². The second-order valence-corrected chi connectivity index (χ2v) is 3.17. The number of aryl methyl sites for hydroxylation is 1. The Morgan fingerprint density at radius 1 is 1.43 bits per heavy atom. The molecule has 0 atom stereocenters. The maximum absolute atomic E-state index is 5.55. The van der Waals surface area contributed by atoms with E-state index in [1.165, 1.54) is 6.33 Å². The van der Waals surface area contributed by atoms with Gasteiger partial charge in [-0.15, -0.1) is 0 Å². The molecule has 1 aromatic heterocycles. The van der Waals surface area contributed by atoms with E-state index in [-0.39, 0.29) is 0 Å². The van der Waals surface area contributed by atoms with Crippen LogP contribution in [0.25, 0.3) is 5.69 Å². The van der Waals surface area contributed by atoms with Crippen molar-refractivity contribution in [3.05, 3.63) is 42.0 Å². The van der Waals surface area contributed by atoms with E-state index in [0.29, 0.717) is 6.54 Å². The van der Waals surface area contributed by atoms with E-state index < -0.39 is 0 Å². The zero-order chi connectivity index (χ0) is 9.97. The van der Waals surface area contributed by atoms with Gasteiger partial charge in [0.05, 0.1) is 5.69 Å². The summed E-state index contributed by atoms with van der Waals surface area (Å²) in [5.74, 6) is 0. The summed E-state index contributed by atoms with van der Waals surface area (Å²) < 4.78 is 1.75. The summed E-state index contributed by atoms with van der Waals surface area (Å²) in [7, 11) is 0. The molecule has 0 saturated heterocycles. The fraction of sp³-hybridized carbons (Fsp3) is 0.200. The third-order valence-electron chi connectivity index (χ3n) is 2.16. The van der Waals surface area contributed by atoms with Crippen molar-refractivity contribution in [2.75, 3.05) is 0 Å². The molecule has 4 nitrogen and oxygen atoms in total. The van der Waals surface area contributed by atoms with Gasteiger partial charge in [-0.25, -0.2) is 9.67 Å². The SMILES string of the molecule is Cc1cc(CN)ccc1-n1cncn1.